The van der Waals surface area contributed by atoms with Gasteiger partial charge in [-0.2, -0.15) is 0 Å². The Kier molecular flexibility index (Phi) is 5.15. The van der Waals surface area contributed by atoms with Gasteiger partial charge < -0.3 is 10.4 Å². The van der Waals surface area contributed by atoms with Gasteiger partial charge in [-0.15, -0.1) is 0 Å². The number of nitrogens with zero attached hydrogens (tertiary/aromatic N) is 1. The number of carbonyl (C=O) groups is 2. The molecule has 0 bridgehead atoms. The lowest BCUT2D eigenvalue weighted by Crippen LogP contribution is -2.20. The molecule has 0 spiro atoms. The lowest BCUT2D eigenvalue weighted by molar-refractivity contribution is -0.118. The van der Waals surface area contributed by atoms with E-state index in [4.69, 9.17) is 16.7 Å². The smallest absolute Gasteiger partial charge is 0.337 e. The molecule has 0 saturated heterocycles. The maximum atomic E-state index is 10.9. The van der Waals surface area contributed by atoms with Crippen LogP contribution in [0.15, 0.2) is 12.3 Å². The zero-order valence-corrected chi connectivity index (χ0v) is 10.4. The van der Waals surface area contributed by atoms with Crippen molar-refractivity contribution in [3.05, 3.63) is 28.5 Å². The van der Waals surface area contributed by atoms with E-state index in [-0.39, 0.29) is 16.6 Å². The van der Waals surface area contributed by atoms with Crippen LogP contribution in [0.1, 0.15) is 29.3 Å². The van der Waals surface area contributed by atoms with Gasteiger partial charge in [-0.05, 0) is 6.07 Å². The highest BCUT2D eigenvalue weighted by atomic mass is 35.5. The molecule has 1 aromatic rings. The zero-order chi connectivity index (χ0) is 13.5. The van der Waals surface area contributed by atoms with Crippen LogP contribution < -0.4 is 5.32 Å². The average Bonchev–Trinajstić information content (AvgIpc) is 2.29. The van der Waals surface area contributed by atoms with Crippen molar-refractivity contribution in [2.45, 2.75) is 13.3 Å². The third-order valence-corrected chi connectivity index (χ3v) is 2.15. The Labute approximate surface area is 109 Å². The van der Waals surface area contributed by atoms with Crippen LogP contribution in [0.2, 0.25) is 5.15 Å². The van der Waals surface area contributed by atoms with Crippen LogP contribution in [-0.4, -0.2) is 28.5 Å². The maximum absolute atomic E-state index is 10.9. The largest absolute Gasteiger partial charge is 0.478 e. The van der Waals surface area contributed by atoms with Crippen molar-refractivity contribution < 1.29 is 14.7 Å². The van der Waals surface area contributed by atoms with Crippen molar-refractivity contribution in [1.82, 2.24) is 10.3 Å². The van der Waals surface area contributed by atoms with E-state index in [0.717, 1.165) is 0 Å². The summed E-state index contributed by atoms with van der Waals surface area (Å²) in [4.78, 5) is 25.3. The van der Waals surface area contributed by atoms with Crippen molar-refractivity contribution in [3.63, 3.8) is 0 Å². The molecule has 18 heavy (non-hydrogen) atoms. The second kappa shape index (κ2) is 6.62. The summed E-state index contributed by atoms with van der Waals surface area (Å²) in [5.41, 5.74) is 0.316. The highest BCUT2D eigenvalue weighted by Crippen LogP contribution is 2.12. The first-order chi connectivity index (χ1) is 8.50. The molecule has 0 aromatic carbocycles. The fourth-order valence-electron chi connectivity index (χ4n) is 1.17. The molecule has 1 aromatic heterocycles. The lowest BCUT2D eigenvalue weighted by atomic mass is 10.1. The molecule has 0 saturated carbocycles. The van der Waals surface area contributed by atoms with E-state index in [1.54, 1.807) is 0 Å². The first-order valence-corrected chi connectivity index (χ1v) is 5.50. The number of nitrogens with one attached hydrogen (secondary N) is 1. The zero-order valence-electron chi connectivity index (χ0n) is 9.66. The van der Waals surface area contributed by atoms with Crippen molar-refractivity contribution in [3.8, 4) is 11.8 Å². The molecule has 94 valence electrons. The van der Waals surface area contributed by atoms with Gasteiger partial charge in [0.25, 0.3) is 0 Å². The van der Waals surface area contributed by atoms with Crippen LogP contribution in [0.5, 0.6) is 0 Å². The summed E-state index contributed by atoms with van der Waals surface area (Å²) < 4.78 is 0. The quantitative estimate of drug-likeness (QED) is 0.491. The van der Waals surface area contributed by atoms with Crippen molar-refractivity contribution in [2.24, 2.45) is 0 Å². The average molecular weight is 267 g/mol. The minimum Gasteiger partial charge on any atom is -0.478 e. The molecular weight excluding hydrogens is 256 g/mol. The summed E-state index contributed by atoms with van der Waals surface area (Å²) in [7, 11) is 0. The van der Waals surface area contributed by atoms with Crippen LogP contribution in [-0.2, 0) is 4.79 Å². The van der Waals surface area contributed by atoms with Crippen molar-refractivity contribution in [2.75, 3.05) is 6.54 Å². The minimum absolute atomic E-state index is 0.0158. The molecule has 5 nitrogen and oxygen atoms in total. The maximum Gasteiger partial charge on any atom is 0.337 e. The number of aromatic carboxylic acids is 1. The third kappa shape index (κ3) is 4.44. The van der Waals surface area contributed by atoms with Gasteiger partial charge in [-0.3, -0.25) is 4.79 Å². The number of carbonyl (C=O) groups excluding carboxylic acids is 1. The van der Waals surface area contributed by atoms with E-state index < -0.39 is 5.97 Å². The van der Waals surface area contributed by atoms with E-state index in [0.29, 0.717) is 18.5 Å². The predicted molar refractivity (Wildman–Crippen MR) is 66.4 cm³/mol. The van der Waals surface area contributed by atoms with Crippen LogP contribution in [0.25, 0.3) is 0 Å². The first-order valence-electron chi connectivity index (χ1n) is 5.13. The van der Waals surface area contributed by atoms with Gasteiger partial charge in [0.2, 0.25) is 5.91 Å². The van der Waals surface area contributed by atoms with Gasteiger partial charge in [0.1, 0.15) is 5.15 Å². The van der Waals surface area contributed by atoms with E-state index in [2.05, 4.69) is 22.1 Å². The number of rotatable bonds is 3. The molecule has 1 amide bonds. The van der Waals surface area contributed by atoms with Gasteiger partial charge in [0, 0.05) is 26.1 Å². The highest BCUT2D eigenvalue weighted by Gasteiger charge is 2.09. The number of carboxylic acids is 1. The van der Waals surface area contributed by atoms with Gasteiger partial charge in [-0.1, -0.05) is 23.4 Å². The molecule has 0 radical (unpaired) electrons. The SMILES string of the molecule is CC(=O)NCCC#Cc1cnc(Cl)cc1C(=O)O. The fourth-order valence-corrected chi connectivity index (χ4v) is 1.32. The van der Waals surface area contributed by atoms with E-state index in [1.165, 1.54) is 19.2 Å². The molecule has 0 atom stereocenters. The Morgan fingerprint density at radius 1 is 1.56 bits per heavy atom. The van der Waals surface area contributed by atoms with Gasteiger partial charge in [0.15, 0.2) is 0 Å². The second-order valence-electron chi connectivity index (χ2n) is 3.39. The number of hydrogen-bond acceptors (Lipinski definition) is 3. The Balaban J connectivity index is 2.75. The number of amides is 1. The lowest BCUT2D eigenvalue weighted by Gasteiger charge is -1.99. The second-order valence-corrected chi connectivity index (χ2v) is 3.78. The van der Waals surface area contributed by atoms with E-state index in [9.17, 15) is 9.59 Å². The molecule has 2 N–H and O–H groups in total. The van der Waals surface area contributed by atoms with Crippen LogP contribution in [0, 0.1) is 11.8 Å². The molecular formula is C12H11ClN2O3. The van der Waals surface area contributed by atoms with E-state index >= 15 is 0 Å². The first kappa shape index (κ1) is 14.0. The summed E-state index contributed by atoms with van der Waals surface area (Å²) >= 11 is 5.61. The highest BCUT2D eigenvalue weighted by molar-refractivity contribution is 6.29. The number of pyridine rings is 1. The Hall–Kier alpha value is -2.06. The summed E-state index contributed by atoms with van der Waals surface area (Å²) in [6.07, 6.45) is 1.75. The molecule has 0 fully saturated rings. The number of carboxylic acid groups (broad SMARTS) is 1. The van der Waals surface area contributed by atoms with Crippen molar-refractivity contribution in [1.29, 1.82) is 0 Å². The molecule has 1 rings (SSSR count). The summed E-state index contributed by atoms with van der Waals surface area (Å²) in [5, 5.41) is 11.6. The fraction of sp³-hybridized carbons (Fsp3) is 0.250. The van der Waals surface area contributed by atoms with Crippen molar-refractivity contribution >= 4 is 23.5 Å². The Bertz CT molecular complexity index is 532. The topological polar surface area (TPSA) is 79.3 Å². The monoisotopic (exact) mass is 266 g/mol. The van der Waals surface area contributed by atoms with Gasteiger partial charge in [-0.25, -0.2) is 9.78 Å². The molecule has 1 heterocycles. The Morgan fingerprint density at radius 2 is 2.28 bits per heavy atom. The summed E-state index contributed by atoms with van der Waals surface area (Å²) in [5.74, 6) is 4.22. The predicted octanol–water partition coefficient (Wildman–Crippen LogP) is 1.31. The third-order valence-electron chi connectivity index (χ3n) is 1.95. The van der Waals surface area contributed by atoms with Gasteiger partial charge >= 0.3 is 5.97 Å². The standard InChI is InChI=1S/C12H11ClN2O3/c1-8(16)14-5-3-2-4-9-7-15-11(13)6-10(9)12(17)18/h6-7H,3,5H2,1H3,(H,14,16)(H,17,18). The molecule has 0 unspecified atom stereocenters. The van der Waals surface area contributed by atoms with E-state index in [1.807, 2.05) is 0 Å². The molecule has 0 aliphatic heterocycles. The normalized spacial score (nSPS) is 9.22. The number of hydrogen-bond donors (Lipinski definition) is 2. The van der Waals surface area contributed by atoms with Crippen LogP contribution >= 0.6 is 11.6 Å². The van der Waals surface area contributed by atoms with Gasteiger partial charge in [0.05, 0.1) is 11.1 Å². The molecule has 0 aliphatic rings. The number of aromatic nitrogens is 1. The molecule has 0 aliphatic carbocycles. The van der Waals surface area contributed by atoms with Crippen LogP contribution in [0.3, 0.4) is 0 Å². The Morgan fingerprint density at radius 3 is 2.89 bits per heavy atom. The number of halogens is 1. The summed E-state index contributed by atoms with van der Waals surface area (Å²) in [6, 6.07) is 1.25. The minimum atomic E-state index is -1.11. The van der Waals surface area contributed by atoms with Crippen LogP contribution in [0.4, 0.5) is 0 Å². The molecule has 6 heteroatoms. The summed E-state index contributed by atoms with van der Waals surface area (Å²) in [6.45, 7) is 1.84.